The van der Waals surface area contributed by atoms with E-state index in [2.05, 4.69) is 5.32 Å². The Hall–Kier alpha value is -2.17. The zero-order valence-corrected chi connectivity index (χ0v) is 16.5. The monoisotopic (exact) mass is 411 g/mol. The molecule has 3 rings (SSSR count). The van der Waals surface area contributed by atoms with E-state index in [-0.39, 0.29) is 10.6 Å². The molecule has 1 saturated heterocycles. The average Bonchev–Trinajstić information content (AvgIpc) is 3.39. The van der Waals surface area contributed by atoms with Gasteiger partial charge in [-0.05, 0) is 30.4 Å². The smallest absolute Gasteiger partial charge is 0.355 e. The van der Waals surface area contributed by atoms with Crippen LogP contribution in [0.4, 0.5) is 0 Å². The molecule has 1 aliphatic heterocycles. The van der Waals surface area contributed by atoms with Crippen LogP contribution in [0, 0.1) is 0 Å². The maximum atomic E-state index is 12.6. The van der Waals surface area contributed by atoms with Gasteiger partial charge in [0, 0.05) is 31.2 Å². The number of carbonyl (C=O) groups is 2. The number of hydrogen-bond donors (Lipinski definition) is 1. The lowest BCUT2D eigenvalue weighted by Gasteiger charge is -2.13. The van der Waals surface area contributed by atoms with E-state index in [1.54, 1.807) is 7.05 Å². The fraction of sp³-hybridized carbons (Fsp3) is 0.412. The minimum Gasteiger partial charge on any atom is -0.451 e. The molecule has 0 unspecified atom stereocenters. The molecule has 0 bridgehead atoms. The summed E-state index contributed by atoms with van der Waals surface area (Å²) in [4.78, 5) is 25.1. The number of aryl methyl sites for hydroxylation is 1. The van der Waals surface area contributed by atoms with Crippen LogP contribution in [0.25, 0.3) is 0 Å². The van der Waals surface area contributed by atoms with Crippen LogP contribution in [0.2, 0.25) is 0 Å². The molecular weight excluding hydrogens is 390 g/mol. The average molecular weight is 412 g/mol. The number of thiophene rings is 1. The highest BCUT2D eigenvalue weighted by atomic mass is 32.2. The molecule has 1 aliphatic rings. The van der Waals surface area contributed by atoms with Crippen molar-refractivity contribution in [3.63, 3.8) is 0 Å². The molecule has 1 N–H and O–H groups in total. The van der Waals surface area contributed by atoms with Gasteiger partial charge in [-0.3, -0.25) is 4.79 Å². The summed E-state index contributed by atoms with van der Waals surface area (Å²) in [5.41, 5.74) is 0.0822. The van der Waals surface area contributed by atoms with E-state index in [4.69, 9.17) is 4.74 Å². The molecule has 146 valence electrons. The SMILES string of the molecule is Cn1cc(S(=O)(=O)N2CCCC2)cc1C(=O)OCC(=O)NCc1cccs1. The van der Waals surface area contributed by atoms with E-state index < -0.39 is 28.5 Å². The van der Waals surface area contributed by atoms with Crippen molar-refractivity contribution in [3.05, 3.63) is 40.3 Å². The third-order valence-corrected chi connectivity index (χ3v) is 7.01. The van der Waals surface area contributed by atoms with Gasteiger partial charge >= 0.3 is 5.97 Å². The number of esters is 1. The number of sulfonamides is 1. The number of carbonyl (C=O) groups excluding carboxylic acids is 2. The number of ether oxygens (including phenoxy) is 1. The van der Waals surface area contributed by atoms with Gasteiger partial charge in [-0.2, -0.15) is 4.31 Å². The third kappa shape index (κ3) is 4.57. The van der Waals surface area contributed by atoms with Gasteiger partial charge in [0.15, 0.2) is 6.61 Å². The maximum absolute atomic E-state index is 12.6. The summed E-state index contributed by atoms with van der Waals surface area (Å²) in [6.07, 6.45) is 3.06. The molecular formula is C17H21N3O5S2. The Kier molecular flexibility index (Phi) is 5.98. The van der Waals surface area contributed by atoms with Crippen molar-refractivity contribution >= 4 is 33.2 Å². The highest BCUT2D eigenvalue weighted by molar-refractivity contribution is 7.89. The first-order chi connectivity index (χ1) is 12.9. The zero-order chi connectivity index (χ0) is 19.4. The van der Waals surface area contributed by atoms with Crippen molar-refractivity contribution in [2.75, 3.05) is 19.7 Å². The Morgan fingerprint density at radius 3 is 2.70 bits per heavy atom. The number of rotatable bonds is 7. The minimum atomic E-state index is -3.61. The Bertz CT molecular complexity index is 913. The number of amides is 1. The summed E-state index contributed by atoms with van der Waals surface area (Å²) in [5.74, 6) is -1.16. The molecule has 8 nitrogen and oxygen atoms in total. The van der Waals surface area contributed by atoms with Gasteiger partial charge < -0.3 is 14.6 Å². The van der Waals surface area contributed by atoms with Crippen molar-refractivity contribution < 1.29 is 22.7 Å². The second kappa shape index (κ2) is 8.24. The molecule has 0 spiro atoms. The summed E-state index contributed by atoms with van der Waals surface area (Å²) in [7, 11) is -2.05. The van der Waals surface area contributed by atoms with E-state index in [0.717, 1.165) is 17.7 Å². The fourth-order valence-corrected chi connectivity index (χ4v) is 5.04. The van der Waals surface area contributed by atoms with E-state index in [1.165, 1.54) is 32.5 Å². The van der Waals surface area contributed by atoms with Crippen LogP contribution in [0.1, 0.15) is 28.2 Å². The van der Waals surface area contributed by atoms with Gasteiger partial charge in [0.25, 0.3) is 5.91 Å². The molecule has 2 aromatic heterocycles. The van der Waals surface area contributed by atoms with Crippen LogP contribution in [0.5, 0.6) is 0 Å². The fourth-order valence-electron chi connectivity index (χ4n) is 2.81. The van der Waals surface area contributed by atoms with Crippen molar-refractivity contribution in [1.82, 2.24) is 14.2 Å². The molecule has 3 heterocycles. The van der Waals surface area contributed by atoms with Crippen LogP contribution >= 0.6 is 11.3 Å². The number of aromatic nitrogens is 1. The first kappa shape index (κ1) is 19.6. The molecule has 27 heavy (non-hydrogen) atoms. The van der Waals surface area contributed by atoms with Gasteiger partial charge in [0.1, 0.15) is 10.6 Å². The number of nitrogens with zero attached hydrogens (tertiary/aromatic N) is 2. The van der Waals surface area contributed by atoms with Gasteiger partial charge in [-0.25, -0.2) is 13.2 Å². The normalized spacial score (nSPS) is 15.0. The maximum Gasteiger partial charge on any atom is 0.355 e. The van der Waals surface area contributed by atoms with Gasteiger partial charge in [0.2, 0.25) is 10.0 Å². The van der Waals surface area contributed by atoms with E-state index in [0.29, 0.717) is 19.6 Å². The molecule has 1 amide bonds. The van der Waals surface area contributed by atoms with Crippen LogP contribution in [0.15, 0.2) is 34.7 Å². The van der Waals surface area contributed by atoms with Gasteiger partial charge in [-0.1, -0.05) is 6.07 Å². The number of nitrogens with one attached hydrogen (secondary N) is 1. The number of hydrogen-bond acceptors (Lipinski definition) is 6. The first-order valence-electron chi connectivity index (χ1n) is 8.50. The molecule has 0 atom stereocenters. The Morgan fingerprint density at radius 2 is 2.04 bits per heavy atom. The molecule has 0 aliphatic carbocycles. The van der Waals surface area contributed by atoms with Gasteiger partial charge in [0.05, 0.1) is 6.54 Å². The molecule has 1 fully saturated rings. The summed E-state index contributed by atoms with van der Waals surface area (Å²) >= 11 is 1.52. The van der Waals surface area contributed by atoms with E-state index in [1.807, 2.05) is 17.5 Å². The summed E-state index contributed by atoms with van der Waals surface area (Å²) in [6.45, 7) is 0.920. The molecule has 0 aromatic carbocycles. The summed E-state index contributed by atoms with van der Waals surface area (Å²) < 4.78 is 33.0. The highest BCUT2D eigenvalue weighted by Crippen LogP contribution is 2.22. The predicted octanol–water partition coefficient (Wildman–Crippen LogP) is 1.34. The third-order valence-electron chi connectivity index (χ3n) is 4.27. The molecule has 0 saturated carbocycles. The van der Waals surface area contributed by atoms with Crippen LogP contribution in [0.3, 0.4) is 0 Å². The quantitative estimate of drug-likeness (QED) is 0.694. The summed E-state index contributed by atoms with van der Waals surface area (Å²) in [6, 6.07) is 5.07. The van der Waals surface area contributed by atoms with Crippen LogP contribution < -0.4 is 5.32 Å². The topological polar surface area (TPSA) is 97.7 Å². The first-order valence-corrected chi connectivity index (χ1v) is 10.8. The van der Waals surface area contributed by atoms with E-state index >= 15 is 0 Å². The Balaban J connectivity index is 1.58. The Labute approximate surface area is 161 Å². The zero-order valence-electron chi connectivity index (χ0n) is 14.9. The van der Waals surface area contributed by atoms with Crippen LogP contribution in [-0.2, 0) is 33.1 Å². The second-order valence-electron chi connectivity index (χ2n) is 6.22. The lowest BCUT2D eigenvalue weighted by molar-refractivity contribution is -0.124. The lowest BCUT2D eigenvalue weighted by Crippen LogP contribution is -2.28. The summed E-state index contributed by atoms with van der Waals surface area (Å²) in [5, 5.41) is 4.57. The van der Waals surface area contributed by atoms with Crippen molar-refractivity contribution in [3.8, 4) is 0 Å². The molecule has 10 heteroatoms. The Morgan fingerprint density at radius 1 is 1.30 bits per heavy atom. The van der Waals surface area contributed by atoms with Crippen molar-refractivity contribution in [1.29, 1.82) is 0 Å². The van der Waals surface area contributed by atoms with Crippen LogP contribution in [-0.4, -0.2) is 48.9 Å². The second-order valence-corrected chi connectivity index (χ2v) is 9.19. The predicted molar refractivity (Wildman–Crippen MR) is 99.9 cm³/mol. The van der Waals surface area contributed by atoms with E-state index in [9.17, 15) is 18.0 Å². The highest BCUT2D eigenvalue weighted by Gasteiger charge is 2.29. The molecule has 0 radical (unpaired) electrons. The van der Waals surface area contributed by atoms with Gasteiger partial charge in [-0.15, -0.1) is 11.3 Å². The minimum absolute atomic E-state index is 0.0565. The van der Waals surface area contributed by atoms with Crippen molar-refractivity contribution in [2.24, 2.45) is 7.05 Å². The largest absolute Gasteiger partial charge is 0.451 e. The molecule has 2 aromatic rings. The lowest BCUT2D eigenvalue weighted by atomic mass is 10.4. The standard InChI is InChI=1S/C17H21N3O5S2/c1-19-11-14(27(23,24)20-6-2-3-7-20)9-15(19)17(22)25-12-16(21)18-10-13-5-4-8-26-13/h4-5,8-9,11H,2-3,6-7,10,12H2,1H3,(H,18,21). The van der Waals surface area contributed by atoms with Crippen molar-refractivity contribution in [2.45, 2.75) is 24.3 Å².